The van der Waals surface area contributed by atoms with Crippen LogP contribution in [0.15, 0.2) is 40.2 Å². The van der Waals surface area contributed by atoms with E-state index in [1.54, 1.807) is 12.1 Å². The molecular weight excluding hydrogens is 345 g/mol. The number of alkyl halides is 3. The molecule has 0 atom stereocenters. The smallest absolute Gasteiger partial charge is 0.406 e. The summed E-state index contributed by atoms with van der Waals surface area (Å²) in [6.07, 6.45) is -4.73. The number of rotatable bonds is 3. The second-order valence-electron chi connectivity index (χ2n) is 3.51. The molecule has 0 saturated heterocycles. The Bertz CT molecular complexity index is 590. The summed E-state index contributed by atoms with van der Waals surface area (Å²) in [5.41, 5.74) is 0.309. The zero-order valence-electron chi connectivity index (χ0n) is 9.20. The fourth-order valence-corrected chi connectivity index (χ4v) is 2.73. The average Bonchev–Trinajstić information content (AvgIpc) is 2.74. The Morgan fingerprint density at radius 3 is 2.21 bits per heavy atom. The van der Waals surface area contributed by atoms with E-state index in [9.17, 15) is 18.0 Å². The first-order chi connectivity index (χ1) is 8.85. The zero-order chi connectivity index (χ0) is 14.0. The van der Waals surface area contributed by atoms with Gasteiger partial charge in [-0.05, 0) is 52.3 Å². The molecule has 0 aliphatic carbocycles. The number of benzene rings is 1. The van der Waals surface area contributed by atoms with Crippen LogP contribution in [0.1, 0.15) is 15.2 Å². The molecule has 7 heteroatoms. The highest BCUT2D eigenvalue weighted by Crippen LogP contribution is 2.26. The van der Waals surface area contributed by atoms with Gasteiger partial charge in [-0.1, -0.05) is 0 Å². The van der Waals surface area contributed by atoms with Crippen LogP contribution < -0.4 is 4.74 Å². The molecule has 1 aromatic carbocycles. The van der Waals surface area contributed by atoms with E-state index in [1.807, 2.05) is 0 Å². The van der Waals surface area contributed by atoms with Crippen molar-refractivity contribution in [2.24, 2.45) is 0 Å². The molecule has 100 valence electrons. The van der Waals surface area contributed by atoms with Crippen molar-refractivity contribution in [3.63, 3.8) is 0 Å². The highest BCUT2D eigenvalue weighted by Gasteiger charge is 2.31. The lowest BCUT2D eigenvalue weighted by Crippen LogP contribution is -2.17. The summed E-state index contributed by atoms with van der Waals surface area (Å²) < 4.78 is 40.5. The van der Waals surface area contributed by atoms with Crippen LogP contribution in [0.25, 0.3) is 0 Å². The van der Waals surface area contributed by atoms with Crippen molar-refractivity contribution in [1.82, 2.24) is 0 Å². The molecular formula is C12H6BrF3O2S. The van der Waals surface area contributed by atoms with Gasteiger partial charge in [0.1, 0.15) is 5.75 Å². The van der Waals surface area contributed by atoms with E-state index in [2.05, 4.69) is 20.7 Å². The minimum Gasteiger partial charge on any atom is -0.406 e. The molecule has 0 bridgehead atoms. The van der Waals surface area contributed by atoms with Crippen molar-refractivity contribution in [2.45, 2.75) is 6.36 Å². The van der Waals surface area contributed by atoms with E-state index >= 15 is 0 Å². The number of ether oxygens (including phenoxy) is 1. The maximum absolute atomic E-state index is 12.0. The van der Waals surface area contributed by atoms with E-state index in [4.69, 9.17) is 0 Å². The Morgan fingerprint density at radius 2 is 1.74 bits per heavy atom. The molecule has 0 saturated carbocycles. The van der Waals surface area contributed by atoms with Gasteiger partial charge in [0.15, 0.2) is 0 Å². The summed E-state index contributed by atoms with van der Waals surface area (Å²) in [5.74, 6) is -0.592. The van der Waals surface area contributed by atoms with Gasteiger partial charge in [-0.25, -0.2) is 0 Å². The van der Waals surface area contributed by atoms with Crippen molar-refractivity contribution >= 4 is 33.0 Å². The summed E-state index contributed by atoms with van der Waals surface area (Å²) in [7, 11) is 0. The van der Waals surface area contributed by atoms with Crippen molar-refractivity contribution in [1.29, 1.82) is 0 Å². The third kappa shape index (κ3) is 3.81. The molecule has 1 aromatic heterocycles. The lowest BCUT2D eigenvalue weighted by atomic mass is 10.1. The molecule has 0 amide bonds. The van der Waals surface area contributed by atoms with Crippen LogP contribution in [-0.2, 0) is 0 Å². The van der Waals surface area contributed by atoms with E-state index in [0.717, 1.165) is 15.9 Å². The quantitative estimate of drug-likeness (QED) is 0.753. The second-order valence-corrected chi connectivity index (χ2v) is 5.97. The lowest BCUT2D eigenvalue weighted by molar-refractivity contribution is -0.274. The lowest BCUT2D eigenvalue weighted by Gasteiger charge is -2.08. The molecule has 0 radical (unpaired) electrons. The largest absolute Gasteiger partial charge is 0.573 e. The van der Waals surface area contributed by atoms with Crippen LogP contribution >= 0.6 is 27.3 Å². The Kier molecular flexibility index (Phi) is 3.96. The minimum atomic E-state index is -4.73. The number of halogens is 4. The molecule has 0 spiro atoms. The van der Waals surface area contributed by atoms with E-state index in [1.165, 1.54) is 23.5 Å². The van der Waals surface area contributed by atoms with Crippen LogP contribution in [0.2, 0.25) is 0 Å². The number of hydrogen-bond acceptors (Lipinski definition) is 3. The van der Waals surface area contributed by atoms with Gasteiger partial charge in [0.05, 0.1) is 8.66 Å². The number of thiophene rings is 1. The van der Waals surface area contributed by atoms with Crippen molar-refractivity contribution in [3.8, 4) is 5.75 Å². The van der Waals surface area contributed by atoms with Gasteiger partial charge < -0.3 is 4.74 Å². The first kappa shape index (κ1) is 14.1. The number of carbonyl (C=O) groups is 1. The molecule has 2 aromatic rings. The molecule has 0 unspecified atom stereocenters. The molecule has 1 heterocycles. The Hall–Kier alpha value is -1.34. The van der Waals surface area contributed by atoms with Gasteiger partial charge in [0.25, 0.3) is 0 Å². The van der Waals surface area contributed by atoms with Crippen LogP contribution in [0.4, 0.5) is 13.2 Å². The van der Waals surface area contributed by atoms with E-state index in [-0.39, 0.29) is 11.5 Å². The van der Waals surface area contributed by atoms with Gasteiger partial charge in [0.2, 0.25) is 5.78 Å². The van der Waals surface area contributed by atoms with Gasteiger partial charge >= 0.3 is 6.36 Å². The standard InChI is InChI=1S/C12H6BrF3O2S/c13-10-6-5-9(19-10)11(17)7-1-3-8(4-2-7)18-12(14,15)16/h1-6H. The van der Waals surface area contributed by atoms with Gasteiger partial charge in [-0.15, -0.1) is 24.5 Å². The molecule has 0 aliphatic heterocycles. The number of hydrogen-bond donors (Lipinski definition) is 0. The molecule has 0 N–H and O–H groups in total. The van der Waals surface area contributed by atoms with Crippen molar-refractivity contribution in [2.75, 3.05) is 0 Å². The average molecular weight is 351 g/mol. The predicted molar refractivity (Wildman–Crippen MR) is 68.6 cm³/mol. The van der Waals surface area contributed by atoms with E-state index in [0.29, 0.717) is 10.4 Å². The minimum absolute atomic E-state index is 0.241. The topological polar surface area (TPSA) is 26.3 Å². The highest BCUT2D eigenvalue weighted by atomic mass is 79.9. The SMILES string of the molecule is O=C(c1ccc(OC(F)(F)F)cc1)c1ccc(Br)s1. The first-order valence-corrected chi connectivity index (χ1v) is 6.62. The van der Waals surface area contributed by atoms with Crippen LogP contribution in [-0.4, -0.2) is 12.1 Å². The highest BCUT2D eigenvalue weighted by molar-refractivity contribution is 9.11. The van der Waals surface area contributed by atoms with Crippen LogP contribution in [0.5, 0.6) is 5.75 Å². The Balaban J connectivity index is 2.16. The zero-order valence-corrected chi connectivity index (χ0v) is 11.6. The van der Waals surface area contributed by atoms with Gasteiger partial charge in [-0.3, -0.25) is 4.79 Å². The molecule has 2 nitrogen and oxygen atoms in total. The maximum atomic E-state index is 12.0. The fourth-order valence-electron chi connectivity index (χ4n) is 1.39. The first-order valence-electron chi connectivity index (χ1n) is 5.01. The summed E-state index contributed by atoms with van der Waals surface area (Å²) in [5, 5.41) is 0. The third-order valence-corrected chi connectivity index (χ3v) is 3.77. The van der Waals surface area contributed by atoms with Gasteiger partial charge in [0, 0.05) is 5.56 Å². The molecule has 0 fully saturated rings. The number of ketones is 1. The normalized spacial score (nSPS) is 11.4. The maximum Gasteiger partial charge on any atom is 0.573 e. The van der Waals surface area contributed by atoms with Gasteiger partial charge in [-0.2, -0.15) is 0 Å². The molecule has 2 rings (SSSR count). The Morgan fingerprint density at radius 1 is 1.11 bits per heavy atom. The summed E-state index contributed by atoms with van der Waals surface area (Å²) in [6.45, 7) is 0. The predicted octanol–water partition coefficient (Wildman–Crippen LogP) is 4.64. The summed E-state index contributed by atoms with van der Waals surface area (Å²) >= 11 is 4.50. The Labute approximate surface area is 118 Å². The van der Waals surface area contributed by atoms with Crippen molar-refractivity contribution in [3.05, 3.63) is 50.6 Å². The van der Waals surface area contributed by atoms with Crippen LogP contribution in [0.3, 0.4) is 0 Å². The van der Waals surface area contributed by atoms with Crippen LogP contribution in [0, 0.1) is 0 Å². The number of carbonyl (C=O) groups excluding carboxylic acids is 1. The summed E-state index contributed by atoms with van der Waals surface area (Å²) in [4.78, 5) is 12.5. The summed E-state index contributed by atoms with van der Waals surface area (Å²) in [6, 6.07) is 8.22. The fraction of sp³-hybridized carbons (Fsp3) is 0.0833. The monoisotopic (exact) mass is 350 g/mol. The van der Waals surface area contributed by atoms with Crippen molar-refractivity contribution < 1.29 is 22.7 Å². The molecule has 19 heavy (non-hydrogen) atoms. The molecule has 0 aliphatic rings. The second kappa shape index (κ2) is 5.34. The van der Waals surface area contributed by atoms with E-state index < -0.39 is 6.36 Å². The third-order valence-electron chi connectivity index (χ3n) is 2.15.